The Labute approximate surface area is 101 Å². The van der Waals surface area contributed by atoms with E-state index < -0.39 is 0 Å². The van der Waals surface area contributed by atoms with E-state index in [9.17, 15) is 4.79 Å². The van der Waals surface area contributed by atoms with Gasteiger partial charge in [0, 0.05) is 36.1 Å². The predicted octanol–water partition coefficient (Wildman–Crippen LogP) is 3.13. The summed E-state index contributed by atoms with van der Waals surface area (Å²) < 4.78 is 0. The first kappa shape index (κ1) is 11.5. The van der Waals surface area contributed by atoms with Crippen molar-refractivity contribution in [1.29, 1.82) is 0 Å². The molecule has 2 aromatic heterocycles. The minimum Gasteiger partial charge on any atom is -0.294 e. The monoisotopic (exact) mass is 226 g/mol. The van der Waals surface area contributed by atoms with Crippen molar-refractivity contribution in [3.05, 3.63) is 48.4 Å². The molecule has 0 aliphatic heterocycles. The minimum absolute atomic E-state index is 0.167. The smallest absolute Gasteiger partial charge is 0.162 e. The molecule has 0 aliphatic rings. The highest BCUT2D eigenvalue weighted by Gasteiger charge is 2.06. The van der Waals surface area contributed by atoms with Gasteiger partial charge < -0.3 is 0 Å². The number of Topliss-reactive ketones (excluding diaryl/α,β-unsaturated/α-hetero) is 1. The van der Waals surface area contributed by atoms with Gasteiger partial charge in [-0.3, -0.25) is 14.8 Å². The van der Waals surface area contributed by atoms with Crippen LogP contribution >= 0.6 is 0 Å². The molecule has 2 heterocycles. The Morgan fingerprint density at radius 1 is 1.29 bits per heavy atom. The van der Waals surface area contributed by atoms with Crippen LogP contribution in [0.3, 0.4) is 0 Å². The van der Waals surface area contributed by atoms with Crippen LogP contribution in [0.25, 0.3) is 11.3 Å². The van der Waals surface area contributed by atoms with Gasteiger partial charge in [0.05, 0.1) is 5.69 Å². The first-order valence-electron chi connectivity index (χ1n) is 5.71. The second kappa shape index (κ2) is 5.34. The zero-order valence-corrected chi connectivity index (χ0v) is 9.76. The van der Waals surface area contributed by atoms with E-state index in [1.165, 1.54) is 0 Å². The van der Waals surface area contributed by atoms with Gasteiger partial charge >= 0.3 is 0 Å². The van der Waals surface area contributed by atoms with Gasteiger partial charge in [0.15, 0.2) is 5.78 Å². The van der Waals surface area contributed by atoms with Crippen LogP contribution in [0.15, 0.2) is 42.9 Å². The molecular weight excluding hydrogens is 212 g/mol. The Hall–Kier alpha value is -2.03. The van der Waals surface area contributed by atoms with Crippen molar-refractivity contribution in [2.45, 2.75) is 19.8 Å². The lowest BCUT2D eigenvalue weighted by Gasteiger charge is -2.03. The lowest BCUT2D eigenvalue weighted by atomic mass is 10.1. The van der Waals surface area contributed by atoms with Crippen LogP contribution in [0.1, 0.15) is 30.1 Å². The maximum Gasteiger partial charge on any atom is 0.162 e. The van der Waals surface area contributed by atoms with Gasteiger partial charge in [-0.05, 0) is 30.7 Å². The molecule has 17 heavy (non-hydrogen) atoms. The molecule has 0 fully saturated rings. The highest BCUT2D eigenvalue weighted by atomic mass is 16.1. The van der Waals surface area contributed by atoms with E-state index in [2.05, 4.69) is 9.97 Å². The van der Waals surface area contributed by atoms with Crippen molar-refractivity contribution in [3.63, 3.8) is 0 Å². The second-order valence-corrected chi connectivity index (χ2v) is 3.84. The zero-order valence-electron chi connectivity index (χ0n) is 9.76. The van der Waals surface area contributed by atoms with Crippen molar-refractivity contribution in [2.75, 3.05) is 0 Å². The Balaban J connectivity index is 2.32. The van der Waals surface area contributed by atoms with E-state index >= 15 is 0 Å². The van der Waals surface area contributed by atoms with Gasteiger partial charge in [-0.15, -0.1) is 0 Å². The van der Waals surface area contributed by atoms with Crippen LogP contribution in [0.5, 0.6) is 0 Å². The fourth-order valence-electron chi connectivity index (χ4n) is 1.65. The van der Waals surface area contributed by atoms with Gasteiger partial charge in [0.2, 0.25) is 0 Å². The van der Waals surface area contributed by atoms with Gasteiger partial charge in [0.25, 0.3) is 0 Å². The Bertz CT molecular complexity index is 509. The lowest BCUT2D eigenvalue weighted by molar-refractivity contribution is 0.0981. The van der Waals surface area contributed by atoms with Gasteiger partial charge in [-0.2, -0.15) is 0 Å². The maximum absolute atomic E-state index is 11.8. The number of rotatable bonds is 4. The summed E-state index contributed by atoms with van der Waals surface area (Å²) in [6.07, 6.45) is 6.58. The van der Waals surface area contributed by atoms with Crippen molar-refractivity contribution in [3.8, 4) is 11.3 Å². The Kier molecular flexibility index (Phi) is 3.60. The number of hydrogen-bond acceptors (Lipinski definition) is 3. The van der Waals surface area contributed by atoms with Crippen molar-refractivity contribution >= 4 is 5.78 Å². The maximum atomic E-state index is 11.8. The summed E-state index contributed by atoms with van der Waals surface area (Å²) in [6.45, 7) is 2.00. The van der Waals surface area contributed by atoms with E-state index in [4.69, 9.17) is 0 Å². The number of hydrogen-bond donors (Lipinski definition) is 0. The Morgan fingerprint density at radius 2 is 2.18 bits per heavy atom. The SMILES string of the molecule is CCCC(=O)c1ccnc(-c2cccnc2)c1. The summed E-state index contributed by atoms with van der Waals surface area (Å²) in [5.41, 5.74) is 2.44. The number of ketones is 1. The molecule has 2 aromatic rings. The fraction of sp³-hybridized carbons (Fsp3) is 0.214. The molecule has 0 saturated carbocycles. The molecule has 3 nitrogen and oxygen atoms in total. The molecule has 0 atom stereocenters. The number of pyridine rings is 2. The quantitative estimate of drug-likeness (QED) is 0.752. The van der Waals surface area contributed by atoms with Crippen molar-refractivity contribution in [1.82, 2.24) is 9.97 Å². The topological polar surface area (TPSA) is 42.9 Å². The van der Waals surface area contributed by atoms with Crippen LogP contribution in [-0.4, -0.2) is 15.8 Å². The average Bonchev–Trinajstić information content (AvgIpc) is 2.40. The van der Waals surface area contributed by atoms with Crippen LogP contribution in [0.4, 0.5) is 0 Å². The molecule has 0 radical (unpaired) electrons. The van der Waals surface area contributed by atoms with Gasteiger partial charge in [-0.1, -0.05) is 6.92 Å². The van der Waals surface area contributed by atoms with E-state index in [0.717, 1.165) is 23.2 Å². The first-order chi connectivity index (χ1) is 8.31. The van der Waals surface area contributed by atoms with E-state index in [0.29, 0.717) is 6.42 Å². The predicted molar refractivity (Wildman–Crippen MR) is 66.7 cm³/mol. The first-order valence-corrected chi connectivity index (χ1v) is 5.71. The van der Waals surface area contributed by atoms with E-state index in [1.54, 1.807) is 24.7 Å². The van der Waals surface area contributed by atoms with Crippen molar-refractivity contribution in [2.24, 2.45) is 0 Å². The lowest BCUT2D eigenvalue weighted by Crippen LogP contribution is -1.99. The zero-order chi connectivity index (χ0) is 12.1. The number of nitrogens with zero attached hydrogens (tertiary/aromatic N) is 2. The summed E-state index contributed by atoms with van der Waals surface area (Å²) in [4.78, 5) is 20.1. The Morgan fingerprint density at radius 3 is 2.88 bits per heavy atom. The average molecular weight is 226 g/mol. The van der Waals surface area contributed by atoms with E-state index in [1.807, 2.05) is 25.1 Å². The highest BCUT2D eigenvalue weighted by Crippen LogP contribution is 2.17. The summed E-state index contributed by atoms with van der Waals surface area (Å²) in [5.74, 6) is 0.167. The third kappa shape index (κ3) is 2.75. The summed E-state index contributed by atoms with van der Waals surface area (Å²) in [7, 11) is 0. The third-order valence-corrected chi connectivity index (χ3v) is 2.52. The number of carbonyl (C=O) groups is 1. The number of carbonyl (C=O) groups excluding carboxylic acids is 1. The standard InChI is InChI=1S/C14H14N2O/c1-2-4-14(17)11-6-8-16-13(9-11)12-5-3-7-15-10-12/h3,5-10H,2,4H2,1H3. The summed E-state index contributed by atoms with van der Waals surface area (Å²) >= 11 is 0. The summed E-state index contributed by atoms with van der Waals surface area (Å²) in [6, 6.07) is 7.38. The number of aromatic nitrogens is 2. The summed E-state index contributed by atoms with van der Waals surface area (Å²) in [5, 5.41) is 0. The van der Waals surface area contributed by atoms with Crippen LogP contribution < -0.4 is 0 Å². The molecule has 3 heteroatoms. The molecule has 2 rings (SSSR count). The molecule has 0 unspecified atom stereocenters. The van der Waals surface area contributed by atoms with Gasteiger partial charge in [-0.25, -0.2) is 0 Å². The fourth-order valence-corrected chi connectivity index (χ4v) is 1.65. The molecule has 0 aromatic carbocycles. The largest absolute Gasteiger partial charge is 0.294 e. The molecule has 86 valence electrons. The molecule has 0 spiro atoms. The molecule has 0 saturated heterocycles. The molecule has 0 N–H and O–H groups in total. The van der Waals surface area contributed by atoms with E-state index in [-0.39, 0.29) is 5.78 Å². The van der Waals surface area contributed by atoms with Crippen molar-refractivity contribution < 1.29 is 4.79 Å². The highest BCUT2D eigenvalue weighted by molar-refractivity contribution is 5.96. The molecule has 0 bridgehead atoms. The normalized spacial score (nSPS) is 10.2. The molecule has 0 amide bonds. The minimum atomic E-state index is 0.167. The third-order valence-electron chi connectivity index (χ3n) is 2.52. The van der Waals surface area contributed by atoms with Crippen LogP contribution in [-0.2, 0) is 0 Å². The van der Waals surface area contributed by atoms with Crippen LogP contribution in [0.2, 0.25) is 0 Å². The molecular formula is C14H14N2O. The van der Waals surface area contributed by atoms with Crippen LogP contribution in [0, 0.1) is 0 Å². The molecule has 0 aliphatic carbocycles. The second-order valence-electron chi connectivity index (χ2n) is 3.84. The van der Waals surface area contributed by atoms with Gasteiger partial charge in [0.1, 0.15) is 0 Å².